The van der Waals surface area contributed by atoms with E-state index in [0.717, 1.165) is 24.1 Å². The normalized spacial score (nSPS) is 13.7. The third kappa shape index (κ3) is 4.95. The van der Waals surface area contributed by atoms with Crippen LogP contribution < -0.4 is 10.2 Å². The molecule has 0 saturated carbocycles. The van der Waals surface area contributed by atoms with E-state index >= 15 is 0 Å². The molecule has 1 fully saturated rings. The summed E-state index contributed by atoms with van der Waals surface area (Å²) in [5, 5.41) is 16.7. The lowest BCUT2D eigenvalue weighted by Gasteiger charge is -2.28. The van der Waals surface area contributed by atoms with Crippen molar-refractivity contribution in [3.8, 4) is 11.3 Å². The summed E-state index contributed by atoms with van der Waals surface area (Å²) in [6, 6.07) is 12.8. The molecule has 1 aliphatic rings. The van der Waals surface area contributed by atoms with Crippen LogP contribution in [0.5, 0.6) is 0 Å². The minimum atomic E-state index is -0.453. The van der Waals surface area contributed by atoms with Gasteiger partial charge in [-0.1, -0.05) is 37.6 Å². The highest BCUT2D eigenvalue weighted by molar-refractivity contribution is 7.14. The second-order valence-corrected chi connectivity index (χ2v) is 8.36. The molecule has 2 aromatic carbocycles. The number of thiazole rings is 1. The van der Waals surface area contributed by atoms with Gasteiger partial charge in [-0.3, -0.25) is 20.2 Å². The van der Waals surface area contributed by atoms with Crippen molar-refractivity contribution in [2.75, 3.05) is 36.5 Å². The van der Waals surface area contributed by atoms with Gasteiger partial charge in [0.25, 0.3) is 11.6 Å². The van der Waals surface area contributed by atoms with Crippen molar-refractivity contribution >= 4 is 33.8 Å². The number of aryl methyl sites for hydroxylation is 1. The summed E-state index contributed by atoms with van der Waals surface area (Å²) < 4.78 is 5.32. The van der Waals surface area contributed by atoms with Gasteiger partial charge in [0.2, 0.25) is 0 Å². The van der Waals surface area contributed by atoms with Gasteiger partial charge in [-0.15, -0.1) is 11.3 Å². The van der Waals surface area contributed by atoms with Crippen LogP contribution in [0.3, 0.4) is 0 Å². The van der Waals surface area contributed by atoms with Crippen molar-refractivity contribution in [3.63, 3.8) is 0 Å². The van der Waals surface area contributed by atoms with Crippen molar-refractivity contribution in [1.29, 1.82) is 0 Å². The third-order valence-corrected chi connectivity index (χ3v) is 6.06. The number of nitro groups is 1. The van der Waals surface area contributed by atoms with E-state index in [-0.39, 0.29) is 11.3 Å². The Morgan fingerprint density at radius 3 is 2.66 bits per heavy atom. The lowest BCUT2D eigenvalue weighted by Crippen LogP contribution is -2.36. The van der Waals surface area contributed by atoms with Gasteiger partial charge >= 0.3 is 0 Å². The van der Waals surface area contributed by atoms with Gasteiger partial charge in [-0.2, -0.15) is 0 Å². The number of morpholine rings is 1. The first-order valence-corrected chi connectivity index (χ1v) is 11.4. The number of hydrogen-bond acceptors (Lipinski definition) is 7. The number of hydrogen-bond donors (Lipinski definition) is 1. The number of benzene rings is 2. The molecule has 1 saturated heterocycles. The lowest BCUT2D eigenvalue weighted by molar-refractivity contribution is -0.384. The molecule has 0 atom stereocenters. The zero-order chi connectivity index (χ0) is 22.5. The predicted octanol–water partition coefficient (Wildman–Crippen LogP) is 4.76. The van der Waals surface area contributed by atoms with Crippen molar-refractivity contribution in [1.82, 2.24) is 4.98 Å². The van der Waals surface area contributed by atoms with Crippen molar-refractivity contribution in [3.05, 3.63) is 69.1 Å². The monoisotopic (exact) mass is 452 g/mol. The Morgan fingerprint density at radius 1 is 1.22 bits per heavy atom. The number of anilines is 2. The highest BCUT2D eigenvalue weighted by atomic mass is 32.1. The number of amides is 1. The average molecular weight is 453 g/mol. The maximum Gasteiger partial charge on any atom is 0.293 e. The van der Waals surface area contributed by atoms with E-state index in [2.05, 4.69) is 29.4 Å². The number of ether oxygens (including phenoxy) is 1. The molecule has 0 bridgehead atoms. The molecule has 8 nitrogen and oxygen atoms in total. The van der Waals surface area contributed by atoms with E-state index in [9.17, 15) is 14.9 Å². The van der Waals surface area contributed by atoms with E-state index in [0.29, 0.717) is 37.1 Å². The molecule has 166 valence electrons. The summed E-state index contributed by atoms with van der Waals surface area (Å²) in [7, 11) is 0. The van der Waals surface area contributed by atoms with Gasteiger partial charge in [0.1, 0.15) is 5.69 Å². The third-order valence-electron chi connectivity index (χ3n) is 5.30. The van der Waals surface area contributed by atoms with E-state index in [1.165, 1.54) is 23.0 Å². The Labute approximate surface area is 190 Å². The largest absolute Gasteiger partial charge is 0.378 e. The zero-order valence-corrected chi connectivity index (χ0v) is 18.6. The summed E-state index contributed by atoms with van der Waals surface area (Å²) >= 11 is 1.32. The number of rotatable bonds is 7. The Balaban J connectivity index is 1.49. The summed E-state index contributed by atoms with van der Waals surface area (Å²) in [5.74, 6) is -0.430. The Hall–Kier alpha value is -3.30. The first kappa shape index (κ1) is 21.9. The zero-order valence-electron chi connectivity index (χ0n) is 17.7. The number of nitro benzene ring substituents is 1. The van der Waals surface area contributed by atoms with Crippen LogP contribution >= 0.6 is 11.3 Å². The van der Waals surface area contributed by atoms with Crippen LogP contribution in [-0.2, 0) is 11.2 Å². The number of nitrogens with one attached hydrogen (secondary N) is 1. The van der Waals surface area contributed by atoms with Crippen molar-refractivity contribution < 1.29 is 14.5 Å². The molecular formula is C23H24N4O4S. The smallest absolute Gasteiger partial charge is 0.293 e. The van der Waals surface area contributed by atoms with Crippen LogP contribution in [0.25, 0.3) is 11.3 Å². The molecular weight excluding hydrogens is 428 g/mol. The van der Waals surface area contributed by atoms with Gasteiger partial charge in [0.15, 0.2) is 5.13 Å². The van der Waals surface area contributed by atoms with Gasteiger partial charge in [0.05, 0.1) is 23.8 Å². The fraction of sp³-hybridized carbons (Fsp3) is 0.304. The second kappa shape index (κ2) is 9.88. The average Bonchev–Trinajstić information content (AvgIpc) is 3.28. The van der Waals surface area contributed by atoms with Crippen LogP contribution in [0.1, 0.15) is 29.3 Å². The van der Waals surface area contributed by atoms with E-state index < -0.39 is 10.8 Å². The molecule has 0 aliphatic carbocycles. The minimum absolute atomic E-state index is 0.0912. The molecule has 1 aliphatic heterocycles. The van der Waals surface area contributed by atoms with E-state index in [1.54, 1.807) is 12.1 Å². The summed E-state index contributed by atoms with van der Waals surface area (Å²) in [5.41, 5.74) is 3.66. The molecule has 1 aromatic heterocycles. The summed E-state index contributed by atoms with van der Waals surface area (Å²) in [4.78, 5) is 30.3. The number of nitrogens with zero attached hydrogens (tertiary/aromatic N) is 3. The first-order valence-electron chi connectivity index (χ1n) is 10.5. The molecule has 1 amide bonds. The number of carbonyl (C=O) groups excluding carboxylic acids is 1. The lowest BCUT2D eigenvalue weighted by atomic mass is 10.1. The molecule has 4 rings (SSSR count). The molecule has 0 radical (unpaired) electrons. The topological polar surface area (TPSA) is 97.6 Å². The fourth-order valence-corrected chi connectivity index (χ4v) is 4.36. The van der Waals surface area contributed by atoms with Crippen LogP contribution in [-0.4, -0.2) is 42.1 Å². The number of carbonyl (C=O) groups is 1. The van der Waals surface area contributed by atoms with Crippen molar-refractivity contribution in [2.24, 2.45) is 0 Å². The van der Waals surface area contributed by atoms with E-state index in [1.807, 2.05) is 22.4 Å². The Kier molecular flexibility index (Phi) is 6.77. The molecule has 0 spiro atoms. The maximum atomic E-state index is 12.7. The maximum absolute atomic E-state index is 12.7. The van der Waals surface area contributed by atoms with Gasteiger partial charge in [0, 0.05) is 35.7 Å². The van der Waals surface area contributed by atoms with E-state index in [4.69, 9.17) is 4.74 Å². The minimum Gasteiger partial charge on any atom is -0.378 e. The SMILES string of the molecule is CCCc1ccc(-c2csc(NC(=O)c3ccc(N4CCOCC4)c([N+](=O)[O-])c3)n2)cc1. The molecule has 3 aromatic rings. The Morgan fingerprint density at radius 2 is 1.97 bits per heavy atom. The first-order chi connectivity index (χ1) is 15.5. The highest BCUT2D eigenvalue weighted by Gasteiger charge is 2.23. The van der Waals surface area contributed by atoms with Gasteiger partial charge in [-0.05, 0) is 24.1 Å². The number of aromatic nitrogens is 1. The molecule has 2 heterocycles. The van der Waals surface area contributed by atoms with Crippen LogP contribution in [0.2, 0.25) is 0 Å². The van der Waals surface area contributed by atoms with Crippen LogP contribution in [0, 0.1) is 10.1 Å². The second-order valence-electron chi connectivity index (χ2n) is 7.50. The van der Waals surface area contributed by atoms with Gasteiger partial charge < -0.3 is 9.64 Å². The molecule has 32 heavy (non-hydrogen) atoms. The predicted molar refractivity (Wildman–Crippen MR) is 126 cm³/mol. The highest BCUT2D eigenvalue weighted by Crippen LogP contribution is 2.31. The van der Waals surface area contributed by atoms with Gasteiger partial charge in [-0.25, -0.2) is 4.98 Å². The van der Waals surface area contributed by atoms with Crippen LogP contribution in [0.4, 0.5) is 16.5 Å². The molecule has 0 unspecified atom stereocenters. The summed E-state index contributed by atoms with van der Waals surface area (Å²) in [6.45, 7) is 4.34. The quantitative estimate of drug-likeness (QED) is 0.410. The standard InChI is InChI=1S/C23H24N4O4S/c1-2-3-16-4-6-17(7-5-16)19-15-32-23(24-19)25-22(28)18-8-9-20(21(14-18)27(29)30)26-10-12-31-13-11-26/h4-9,14-15H,2-3,10-13H2,1H3,(H,24,25,28). The van der Waals surface area contributed by atoms with Crippen LogP contribution in [0.15, 0.2) is 47.8 Å². The summed E-state index contributed by atoms with van der Waals surface area (Å²) in [6.07, 6.45) is 2.13. The van der Waals surface area contributed by atoms with Crippen molar-refractivity contribution in [2.45, 2.75) is 19.8 Å². The molecule has 1 N–H and O–H groups in total. The molecule has 9 heteroatoms. The Bertz CT molecular complexity index is 1110. The fourth-order valence-electron chi connectivity index (χ4n) is 3.65.